The zero-order valence-electron chi connectivity index (χ0n) is 19.6. The van der Waals surface area contributed by atoms with Crippen LogP contribution in [0.3, 0.4) is 0 Å². The predicted molar refractivity (Wildman–Crippen MR) is 139 cm³/mol. The number of alkyl halides is 2. The molecule has 1 aliphatic heterocycles. The summed E-state index contributed by atoms with van der Waals surface area (Å²) in [4.78, 5) is 52.7. The van der Waals surface area contributed by atoms with Gasteiger partial charge in [-0.05, 0) is 45.7 Å². The molecule has 1 fully saturated rings. The van der Waals surface area contributed by atoms with Crippen LogP contribution in [0.15, 0.2) is 6.33 Å². The fourth-order valence-corrected chi connectivity index (χ4v) is 8.34. The number of ether oxygens (including phenoxy) is 1. The summed E-state index contributed by atoms with van der Waals surface area (Å²) in [5, 5.41) is 21.0. The average molecular weight is 734 g/mol. The number of nitrogen functional groups attached to an aromatic ring is 1. The topological polar surface area (TPSA) is 273 Å². The van der Waals surface area contributed by atoms with Crippen molar-refractivity contribution in [1.29, 1.82) is 0 Å². The van der Waals surface area contributed by atoms with Gasteiger partial charge in [0.25, 0.3) is 2.72 Å². The van der Waals surface area contributed by atoms with E-state index in [1.165, 1.54) is 10.9 Å². The number of nitrogens with zero attached hydrogens (tertiary/aromatic N) is 5. The number of nitrogens with two attached hydrogens (primary N) is 1. The van der Waals surface area contributed by atoms with Crippen LogP contribution < -0.4 is 10.6 Å². The number of aliphatic hydroxyl groups is 2. The quantitative estimate of drug-likeness (QED) is 0.124. The van der Waals surface area contributed by atoms with E-state index in [2.05, 4.69) is 55.6 Å². The summed E-state index contributed by atoms with van der Waals surface area (Å²) in [5.41, 5.74) is 6.35. The molecule has 2 unspecified atom stereocenters. The number of aromatic nitrogens is 4. The summed E-state index contributed by atoms with van der Waals surface area (Å²) in [7, 11) is -16.5. The highest BCUT2D eigenvalue weighted by atomic mass is 79.9. The van der Waals surface area contributed by atoms with Gasteiger partial charge in [-0.2, -0.15) is 9.97 Å². The second-order valence-corrected chi connectivity index (χ2v) is 19.4. The number of anilines is 2. The van der Waals surface area contributed by atoms with Crippen molar-refractivity contribution in [3.63, 3.8) is 0 Å². The van der Waals surface area contributed by atoms with Crippen LogP contribution in [0.4, 0.5) is 11.8 Å². The molecule has 0 spiro atoms. The molecule has 18 nitrogen and oxygen atoms in total. The molecular weight excluding hydrogens is 709 g/mol. The van der Waals surface area contributed by atoms with Crippen LogP contribution in [0.5, 0.6) is 0 Å². The Bertz CT molecular complexity index is 1320. The Hall–Kier alpha value is -0.560. The van der Waals surface area contributed by atoms with Gasteiger partial charge in [0, 0.05) is 13.1 Å². The molecule has 1 saturated heterocycles. The maximum Gasteiger partial charge on any atom is 0.479 e. The number of rotatable bonds is 11. The van der Waals surface area contributed by atoms with E-state index in [-0.39, 0.29) is 11.6 Å². The van der Waals surface area contributed by atoms with Gasteiger partial charge < -0.3 is 45.2 Å². The van der Waals surface area contributed by atoms with Crippen molar-refractivity contribution in [2.45, 2.75) is 41.1 Å². The molecule has 1 aliphatic rings. The van der Waals surface area contributed by atoms with Gasteiger partial charge in [-0.25, -0.2) is 13.9 Å². The Balaban J connectivity index is 1.80. The molecule has 8 N–H and O–H groups in total. The van der Waals surface area contributed by atoms with E-state index >= 15 is 0 Å². The Morgan fingerprint density at radius 3 is 2.29 bits per heavy atom. The summed E-state index contributed by atoms with van der Waals surface area (Å²) in [6, 6.07) is 0. The lowest BCUT2D eigenvalue weighted by Gasteiger charge is -2.27. The van der Waals surface area contributed by atoms with Crippen LogP contribution in [0.25, 0.3) is 11.2 Å². The fraction of sp³-hybridized carbons (Fsp3) is 0.667. The first-order valence-electron chi connectivity index (χ1n) is 10.6. The van der Waals surface area contributed by atoms with Crippen LogP contribution in [0, 0.1) is 0 Å². The smallest absolute Gasteiger partial charge is 0.387 e. The number of hydrogen-bond donors (Lipinski definition) is 7. The number of phosphoric acid groups is 1. The lowest BCUT2D eigenvalue weighted by Crippen LogP contribution is -2.33. The van der Waals surface area contributed by atoms with Crippen LogP contribution >= 0.6 is 54.9 Å². The van der Waals surface area contributed by atoms with Crippen molar-refractivity contribution in [1.82, 2.24) is 19.5 Å². The van der Waals surface area contributed by atoms with Crippen molar-refractivity contribution in [2.24, 2.45) is 0 Å². The second-order valence-electron chi connectivity index (χ2n) is 7.87. The Labute approximate surface area is 231 Å². The summed E-state index contributed by atoms with van der Waals surface area (Å²) in [6.45, 7) is 4.01. The highest BCUT2D eigenvalue weighted by Crippen LogP contribution is 2.81. The Morgan fingerprint density at radius 1 is 1.13 bits per heavy atom. The predicted octanol–water partition coefficient (Wildman–Crippen LogP) is 0.772. The van der Waals surface area contributed by atoms with E-state index < -0.39 is 56.9 Å². The minimum Gasteiger partial charge on any atom is -0.387 e. The average Bonchev–Trinajstić information content (AvgIpc) is 3.32. The Kier molecular flexibility index (Phi) is 9.56. The minimum absolute atomic E-state index is 0.0918. The van der Waals surface area contributed by atoms with Gasteiger partial charge in [-0.1, -0.05) is 0 Å². The van der Waals surface area contributed by atoms with Crippen molar-refractivity contribution >= 4 is 77.8 Å². The lowest BCUT2D eigenvalue weighted by molar-refractivity contribution is -0.0501. The third-order valence-electron chi connectivity index (χ3n) is 5.40. The molecule has 3 heterocycles. The molecule has 2 aromatic heterocycles. The fourth-order valence-electron chi connectivity index (χ4n) is 3.49. The van der Waals surface area contributed by atoms with Gasteiger partial charge in [0.05, 0.1) is 12.9 Å². The van der Waals surface area contributed by atoms with Crippen molar-refractivity contribution in [2.75, 3.05) is 30.3 Å². The minimum atomic E-state index is -5.59. The van der Waals surface area contributed by atoms with Crippen molar-refractivity contribution < 1.29 is 57.1 Å². The highest BCUT2D eigenvalue weighted by Gasteiger charge is 2.61. The van der Waals surface area contributed by atoms with Crippen LogP contribution in [-0.4, -0.2) is 90.0 Å². The largest absolute Gasteiger partial charge is 0.479 e. The Morgan fingerprint density at radius 2 is 1.74 bits per heavy atom. The molecule has 0 saturated carbocycles. The summed E-state index contributed by atoms with van der Waals surface area (Å²) < 4.78 is 48.5. The number of phosphoric ester groups is 1. The summed E-state index contributed by atoms with van der Waals surface area (Å²) in [6.07, 6.45) is -4.84. The number of hydrogen-bond acceptors (Lipinski definition) is 13. The third-order valence-corrected chi connectivity index (χ3v) is 16.0. The van der Waals surface area contributed by atoms with Crippen LogP contribution in [0.1, 0.15) is 20.1 Å². The maximum absolute atomic E-state index is 12.3. The normalized spacial score (nSPS) is 25.8. The van der Waals surface area contributed by atoms with Crippen LogP contribution in [0.2, 0.25) is 0 Å². The molecule has 216 valence electrons. The molecule has 38 heavy (non-hydrogen) atoms. The zero-order valence-corrected chi connectivity index (χ0v) is 25.4. The van der Waals surface area contributed by atoms with Gasteiger partial charge in [-0.15, -0.1) is 0 Å². The summed E-state index contributed by atoms with van der Waals surface area (Å²) in [5.74, 6) is 0.340. The standard InChI is InChI=1S/C15H25Br2N6O12P3/c1-3-22(4-2)11-8-12(21-14(18)20-11)23(6-19-8)13-10(25)9(24)7(34-13)5-33-38(31,32)35-37(29,30)15(16,17)36(26,27)28/h6-7,9-10,13,24-25H,3-5H2,1-2H3,(H,29,30)(H,31,32)(H2,18,20,21)(H2,26,27,28)/t7-,9-,10-,13-/m1/s1. The molecular formula is C15H25Br2N6O12P3. The van der Waals surface area contributed by atoms with Gasteiger partial charge in [0.1, 0.15) is 18.3 Å². The highest BCUT2D eigenvalue weighted by molar-refractivity contribution is 9.29. The van der Waals surface area contributed by atoms with E-state index in [4.69, 9.17) is 10.5 Å². The second kappa shape index (κ2) is 11.4. The molecule has 0 radical (unpaired) electrons. The van der Waals surface area contributed by atoms with Gasteiger partial charge in [0.2, 0.25) is 5.95 Å². The number of halogens is 2. The first-order chi connectivity index (χ1) is 17.4. The molecule has 0 aliphatic carbocycles. The number of imidazole rings is 1. The van der Waals surface area contributed by atoms with Gasteiger partial charge >= 0.3 is 23.0 Å². The monoisotopic (exact) mass is 732 g/mol. The van der Waals surface area contributed by atoms with E-state index in [1.807, 2.05) is 18.7 Å². The van der Waals surface area contributed by atoms with Crippen molar-refractivity contribution in [3.05, 3.63) is 6.33 Å². The molecule has 0 aromatic carbocycles. The molecule has 6 atom stereocenters. The number of fused-ring (bicyclic) bond motifs is 1. The van der Waals surface area contributed by atoms with E-state index in [1.54, 1.807) is 0 Å². The SMILES string of the molecule is CCN(CC)c1nc(N)nc2c1ncn2[C@@H]1O[C@H](COP(=O)(O)OP(=O)(O)C(Br)(Br)P(=O)(O)O)[C@@H](O)[C@H]1O. The molecule has 0 amide bonds. The first kappa shape index (κ1) is 32.0. The zero-order chi connectivity index (χ0) is 28.8. The molecule has 0 bridgehead atoms. The van der Waals surface area contributed by atoms with Crippen molar-refractivity contribution in [3.8, 4) is 0 Å². The van der Waals surface area contributed by atoms with E-state index in [9.17, 15) is 43.5 Å². The maximum atomic E-state index is 12.3. The van der Waals surface area contributed by atoms with Gasteiger partial charge in [-0.3, -0.25) is 18.2 Å². The third kappa shape index (κ3) is 6.19. The van der Waals surface area contributed by atoms with E-state index in [0.717, 1.165) is 0 Å². The first-order valence-corrected chi connectivity index (χ1v) is 16.9. The van der Waals surface area contributed by atoms with Crippen LogP contribution in [-0.2, 0) is 27.3 Å². The molecule has 23 heteroatoms. The van der Waals surface area contributed by atoms with Gasteiger partial charge in [0.15, 0.2) is 23.2 Å². The number of aliphatic hydroxyl groups excluding tert-OH is 2. The van der Waals surface area contributed by atoms with E-state index in [0.29, 0.717) is 24.4 Å². The molecule has 2 aromatic rings. The molecule has 3 rings (SSSR count). The lowest BCUT2D eigenvalue weighted by atomic mass is 10.1. The summed E-state index contributed by atoms with van der Waals surface area (Å²) >= 11 is 4.58.